The fourth-order valence-electron chi connectivity index (χ4n) is 2.08. The van der Waals surface area contributed by atoms with Gasteiger partial charge in [0.15, 0.2) is 0 Å². The first-order chi connectivity index (χ1) is 8.22. The summed E-state index contributed by atoms with van der Waals surface area (Å²) in [5, 5.41) is 0. The van der Waals surface area contributed by atoms with Gasteiger partial charge in [-0.15, -0.1) is 0 Å². The molecule has 0 fully saturated rings. The van der Waals surface area contributed by atoms with E-state index in [0.29, 0.717) is 0 Å². The molecular weight excluding hydrogens is 208 g/mol. The number of nitrogens with two attached hydrogens (primary N) is 1. The molecule has 2 N–H and O–H groups in total. The molecular formula is C15H26N2. The molecule has 0 radical (unpaired) electrons. The third kappa shape index (κ3) is 4.04. The highest BCUT2D eigenvalue weighted by molar-refractivity contribution is 5.48. The van der Waals surface area contributed by atoms with E-state index in [-0.39, 0.29) is 6.04 Å². The van der Waals surface area contributed by atoms with Crippen molar-refractivity contribution in [2.45, 2.75) is 46.1 Å². The fourth-order valence-corrected chi connectivity index (χ4v) is 2.08. The number of benzene rings is 1. The van der Waals surface area contributed by atoms with Crippen molar-refractivity contribution in [3.05, 3.63) is 29.8 Å². The first-order valence-corrected chi connectivity index (χ1v) is 6.83. The second-order valence-electron chi connectivity index (χ2n) is 4.59. The summed E-state index contributed by atoms with van der Waals surface area (Å²) in [6.45, 7) is 8.84. The minimum Gasteiger partial charge on any atom is -0.372 e. The van der Waals surface area contributed by atoms with Gasteiger partial charge in [-0.3, -0.25) is 0 Å². The summed E-state index contributed by atoms with van der Waals surface area (Å²) in [5.41, 5.74) is 8.58. The minimum atomic E-state index is 0.176. The summed E-state index contributed by atoms with van der Waals surface area (Å²) < 4.78 is 0. The summed E-state index contributed by atoms with van der Waals surface area (Å²) in [4.78, 5) is 2.45. The monoisotopic (exact) mass is 234 g/mol. The lowest BCUT2D eigenvalue weighted by Crippen LogP contribution is -2.24. The Hall–Kier alpha value is -1.02. The second-order valence-corrected chi connectivity index (χ2v) is 4.59. The van der Waals surface area contributed by atoms with E-state index in [1.165, 1.54) is 24.1 Å². The fraction of sp³-hybridized carbons (Fsp3) is 0.600. The number of rotatable bonds is 7. The van der Waals surface area contributed by atoms with E-state index < -0.39 is 0 Å². The van der Waals surface area contributed by atoms with Crippen LogP contribution >= 0.6 is 0 Å². The highest BCUT2D eigenvalue weighted by Gasteiger charge is 2.06. The molecule has 0 saturated carbocycles. The van der Waals surface area contributed by atoms with Crippen molar-refractivity contribution < 1.29 is 0 Å². The van der Waals surface area contributed by atoms with Gasteiger partial charge in [0.1, 0.15) is 0 Å². The Balaban J connectivity index is 2.76. The molecule has 1 aromatic carbocycles. The molecule has 1 unspecified atom stereocenters. The van der Waals surface area contributed by atoms with Crippen molar-refractivity contribution in [3.8, 4) is 0 Å². The summed E-state index contributed by atoms with van der Waals surface area (Å²) in [6.07, 6.45) is 3.37. The van der Waals surface area contributed by atoms with Gasteiger partial charge in [-0.05, 0) is 37.0 Å². The predicted octanol–water partition coefficient (Wildman–Crippen LogP) is 3.72. The summed E-state index contributed by atoms with van der Waals surface area (Å²) in [6, 6.07) is 8.92. The zero-order valence-corrected chi connectivity index (χ0v) is 11.4. The van der Waals surface area contributed by atoms with E-state index in [2.05, 4.69) is 49.9 Å². The lowest BCUT2D eigenvalue weighted by molar-refractivity contribution is 0.697. The second kappa shape index (κ2) is 7.33. The molecule has 0 heterocycles. The largest absolute Gasteiger partial charge is 0.372 e. The van der Waals surface area contributed by atoms with Crippen molar-refractivity contribution in [1.82, 2.24) is 0 Å². The van der Waals surface area contributed by atoms with Crippen LogP contribution in [0.15, 0.2) is 24.3 Å². The Kier molecular flexibility index (Phi) is 6.06. The van der Waals surface area contributed by atoms with E-state index in [4.69, 9.17) is 5.73 Å². The molecule has 2 heteroatoms. The molecule has 0 aliphatic rings. The topological polar surface area (TPSA) is 29.3 Å². The van der Waals surface area contributed by atoms with Gasteiger partial charge in [0.05, 0.1) is 0 Å². The SMILES string of the molecule is CCCN(CCC)c1ccc(C(N)CC)cc1. The van der Waals surface area contributed by atoms with E-state index in [1.807, 2.05) is 0 Å². The molecule has 0 aromatic heterocycles. The van der Waals surface area contributed by atoms with Gasteiger partial charge < -0.3 is 10.6 Å². The van der Waals surface area contributed by atoms with Gasteiger partial charge in [0.25, 0.3) is 0 Å². The molecule has 17 heavy (non-hydrogen) atoms. The maximum atomic E-state index is 6.02. The van der Waals surface area contributed by atoms with Crippen LogP contribution in [-0.4, -0.2) is 13.1 Å². The van der Waals surface area contributed by atoms with Crippen LogP contribution in [0.2, 0.25) is 0 Å². The van der Waals surface area contributed by atoms with Crippen molar-refractivity contribution in [2.75, 3.05) is 18.0 Å². The Morgan fingerprint density at radius 1 is 1.00 bits per heavy atom. The van der Waals surface area contributed by atoms with E-state index in [9.17, 15) is 0 Å². The van der Waals surface area contributed by atoms with Gasteiger partial charge >= 0.3 is 0 Å². The molecule has 0 bridgehead atoms. The van der Waals surface area contributed by atoms with E-state index >= 15 is 0 Å². The number of nitrogens with zero attached hydrogens (tertiary/aromatic N) is 1. The van der Waals surface area contributed by atoms with E-state index in [0.717, 1.165) is 19.5 Å². The first-order valence-electron chi connectivity index (χ1n) is 6.83. The van der Waals surface area contributed by atoms with Crippen LogP contribution in [0.1, 0.15) is 51.6 Å². The zero-order chi connectivity index (χ0) is 12.7. The molecule has 2 nitrogen and oxygen atoms in total. The van der Waals surface area contributed by atoms with Crippen LogP contribution in [0, 0.1) is 0 Å². The third-order valence-corrected chi connectivity index (χ3v) is 3.11. The van der Waals surface area contributed by atoms with E-state index in [1.54, 1.807) is 0 Å². The number of anilines is 1. The minimum absolute atomic E-state index is 0.176. The first kappa shape index (κ1) is 14.0. The van der Waals surface area contributed by atoms with Crippen LogP contribution in [0.25, 0.3) is 0 Å². The van der Waals surface area contributed by atoms with Crippen LogP contribution in [-0.2, 0) is 0 Å². The number of hydrogen-bond donors (Lipinski definition) is 1. The predicted molar refractivity (Wildman–Crippen MR) is 76.5 cm³/mol. The molecule has 1 aromatic rings. The van der Waals surface area contributed by atoms with Gasteiger partial charge in [0, 0.05) is 24.8 Å². The van der Waals surface area contributed by atoms with Crippen LogP contribution in [0.3, 0.4) is 0 Å². The van der Waals surface area contributed by atoms with Gasteiger partial charge in [-0.2, -0.15) is 0 Å². The summed E-state index contributed by atoms with van der Waals surface area (Å²) in [5.74, 6) is 0. The molecule has 1 rings (SSSR count). The zero-order valence-electron chi connectivity index (χ0n) is 11.4. The lowest BCUT2D eigenvalue weighted by atomic mass is 10.0. The maximum absolute atomic E-state index is 6.02. The number of hydrogen-bond acceptors (Lipinski definition) is 2. The highest BCUT2D eigenvalue weighted by Crippen LogP contribution is 2.20. The smallest absolute Gasteiger partial charge is 0.0366 e. The maximum Gasteiger partial charge on any atom is 0.0366 e. The molecule has 1 atom stereocenters. The highest BCUT2D eigenvalue weighted by atomic mass is 15.1. The van der Waals surface area contributed by atoms with Crippen LogP contribution < -0.4 is 10.6 Å². The Labute approximate surface area is 106 Å². The van der Waals surface area contributed by atoms with Gasteiger partial charge in [-0.25, -0.2) is 0 Å². The standard InChI is InChI=1S/C15H26N2/c1-4-11-17(12-5-2)14-9-7-13(8-10-14)15(16)6-3/h7-10,15H,4-6,11-12,16H2,1-3H3. The van der Waals surface area contributed by atoms with Crippen molar-refractivity contribution in [3.63, 3.8) is 0 Å². The average Bonchev–Trinajstić information content (AvgIpc) is 2.38. The molecule has 96 valence electrons. The van der Waals surface area contributed by atoms with Crippen molar-refractivity contribution >= 4 is 5.69 Å². The molecule has 0 amide bonds. The average molecular weight is 234 g/mol. The molecule has 0 aliphatic heterocycles. The van der Waals surface area contributed by atoms with Gasteiger partial charge in [-0.1, -0.05) is 32.9 Å². The van der Waals surface area contributed by atoms with Crippen LogP contribution in [0.4, 0.5) is 5.69 Å². The molecule has 0 spiro atoms. The normalized spacial score (nSPS) is 12.5. The Morgan fingerprint density at radius 2 is 1.53 bits per heavy atom. The summed E-state index contributed by atoms with van der Waals surface area (Å²) >= 11 is 0. The Bertz CT molecular complexity index is 299. The molecule has 0 saturated heterocycles. The third-order valence-electron chi connectivity index (χ3n) is 3.11. The Morgan fingerprint density at radius 3 is 1.94 bits per heavy atom. The summed E-state index contributed by atoms with van der Waals surface area (Å²) in [7, 11) is 0. The van der Waals surface area contributed by atoms with Crippen LogP contribution in [0.5, 0.6) is 0 Å². The van der Waals surface area contributed by atoms with Crippen molar-refractivity contribution in [2.24, 2.45) is 5.73 Å². The van der Waals surface area contributed by atoms with Gasteiger partial charge in [0.2, 0.25) is 0 Å². The molecule has 0 aliphatic carbocycles. The lowest BCUT2D eigenvalue weighted by Gasteiger charge is -2.24. The van der Waals surface area contributed by atoms with Crippen molar-refractivity contribution in [1.29, 1.82) is 0 Å². The quantitative estimate of drug-likeness (QED) is 0.779.